The molecule has 0 saturated carbocycles. The molecule has 0 aliphatic carbocycles. The van der Waals surface area contributed by atoms with Crippen molar-refractivity contribution in [3.8, 4) is 0 Å². The van der Waals surface area contributed by atoms with Crippen LogP contribution in [0.15, 0.2) is 59.7 Å². The topological polar surface area (TPSA) is 61.8 Å². The number of hydrogen-bond acceptors (Lipinski definition) is 3. The Kier molecular flexibility index (Phi) is 7.50. The number of carbonyl (C=O) groups excluding carboxylic acids is 2. The lowest BCUT2D eigenvalue weighted by Crippen LogP contribution is -2.29. The van der Waals surface area contributed by atoms with Gasteiger partial charge >= 0.3 is 0 Å². The SMILES string of the molecule is CCC(c1cccc(C(=O)NC2=NN(c3c(Cl)cc(Cl)cc3Cl)C(=O)C2)c1)c1ccc(C)cc1C. The number of nitrogens with zero attached hydrogens (tertiary/aromatic N) is 2. The molecule has 0 radical (unpaired) electrons. The highest BCUT2D eigenvalue weighted by Crippen LogP contribution is 2.38. The first kappa shape index (κ1) is 25.2. The van der Waals surface area contributed by atoms with Crippen LogP contribution in [0.25, 0.3) is 0 Å². The number of amidine groups is 1. The summed E-state index contributed by atoms with van der Waals surface area (Å²) in [6.07, 6.45) is 0.814. The molecule has 0 bridgehead atoms. The Morgan fingerprint density at radius 3 is 2.43 bits per heavy atom. The first-order valence-electron chi connectivity index (χ1n) is 11.2. The first-order chi connectivity index (χ1) is 16.7. The van der Waals surface area contributed by atoms with Crippen LogP contribution in [0.3, 0.4) is 0 Å². The van der Waals surface area contributed by atoms with Crippen molar-refractivity contribution in [2.75, 3.05) is 5.01 Å². The highest BCUT2D eigenvalue weighted by molar-refractivity contribution is 6.42. The number of aryl methyl sites for hydroxylation is 2. The lowest BCUT2D eigenvalue weighted by atomic mass is 9.85. The van der Waals surface area contributed by atoms with E-state index < -0.39 is 0 Å². The van der Waals surface area contributed by atoms with Crippen molar-refractivity contribution in [3.05, 3.63) is 97.5 Å². The summed E-state index contributed by atoms with van der Waals surface area (Å²) < 4.78 is 0. The third kappa shape index (κ3) is 5.37. The Hall–Kier alpha value is -2.86. The van der Waals surface area contributed by atoms with Crippen molar-refractivity contribution in [1.82, 2.24) is 5.32 Å². The maximum atomic E-state index is 13.0. The number of benzene rings is 3. The molecule has 1 N–H and O–H groups in total. The van der Waals surface area contributed by atoms with E-state index >= 15 is 0 Å². The van der Waals surface area contributed by atoms with E-state index in [-0.39, 0.29) is 45.7 Å². The van der Waals surface area contributed by atoms with Gasteiger partial charge in [0.2, 0.25) is 0 Å². The van der Waals surface area contributed by atoms with E-state index in [0.717, 1.165) is 17.0 Å². The maximum absolute atomic E-state index is 13.0. The van der Waals surface area contributed by atoms with Crippen LogP contribution in [0.2, 0.25) is 15.1 Å². The summed E-state index contributed by atoms with van der Waals surface area (Å²) in [6, 6.07) is 17.0. The Morgan fingerprint density at radius 2 is 1.77 bits per heavy atom. The summed E-state index contributed by atoms with van der Waals surface area (Å²) in [7, 11) is 0. The third-order valence-corrected chi connectivity index (χ3v) is 6.78. The van der Waals surface area contributed by atoms with Crippen molar-refractivity contribution < 1.29 is 9.59 Å². The van der Waals surface area contributed by atoms with E-state index in [1.165, 1.54) is 28.8 Å². The molecule has 1 heterocycles. The Labute approximate surface area is 219 Å². The average Bonchev–Trinajstić information content (AvgIpc) is 3.14. The Bertz CT molecular complexity index is 1330. The maximum Gasteiger partial charge on any atom is 0.256 e. The molecule has 0 saturated heterocycles. The van der Waals surface area contributed by atoms with Gasteiger partial charge in [-0.2, -0.15) is 10.1 Å². The highest BCUT2D eigenvalue weighted by Gasteiger charge is 2.30. The van der Waals surface area contributed by atoms with Gasteiger partial charge in [-0.3, -0.25) is 9.59 Å². The van der Waals surface area contributed by atoms with Crippen LogP contribution in [-0.4, -0.2) is 17.6 Å². The molecule has 35 heavy (non-hydrogen) atoms. The van der Waals surface area contributed by atoms with Gasteiger partial charge in [0.1, 0.15) is 11.5 Å². The van der Waals surface area contributed by atoms with E-state index in [1.54, 1.807) is 6.07 Å². The average molecular weight is 529 g/mol. The van der Waals surface area contributed by atoms with Gasteiger partial charge in [0.05, 0.1) is 16.5 Å². The van der Waals surface area contributed by atoms with Crippen LogP contribution in [0.4, 0.5) is 5.69 Å². The van der Waals surface area contributed by atoms with Crippen LogP contribution in [-0.2, 0) is 4.79 Å². The number of nitrogens with one attached hydrogen (secondary N) is 1. The van der Waals surface area contributed by atoms with Crippen LogP contribution in [0.5, 0.6) is 0 Å². The summed E-state index contributed by atoms with van der Waals surface area (Å²) in [4.78, 5) is 25.6. The molecule has 0 spiro atoms. The van der Waals surface area contributed by atoms with Crippen molar-refractivity contribution in [2.45, 2.75) is 39.5 Å². The molecule has 1 unspecified atom stereocenters. The number of anilines is 1. The molecule has 1 aliphatic rings. The van der Waals surface area contributed by atoms with Crippen molar-refractivity contribution in [3.63, 3.8) is 0 Å². The molecule has 2 amide bonds. The number of hydrazone groups is 1. The molecule has 1 atom stereocenters. The summed E-state index contributed by atoms with van der Waals surface area (Å²) in [5.41, 5.74) is 5.46. The fourth-order valence-corrected chi connectivity index (χ4v) is 5.34. The number of carbonyl (C=O) groups is 2. The fourth-order valence-electron chi connectivity index (χ4n) is 4.36. The molecule has 3 aromatic carbocycles. The monoisotopic (exact) mass is 527 g/mol. The zero-order chi connectivity index (χ0) is 25.3. The van der Waals surface area contributed by atoms with Crippen molar-refractivity contribution >= 4 is 58.1 Å². The van der Waals surface area contributed by atoms with Gasteiger partial charge in [-0.05, 0) is 61.2 Å². The Balaban J connectivity index is 1.57. The standard InChI is InChI=1S/C27H24Cl3N3O2/c1-4-20(21-9-8-15(2)10-16(21)3)17-6-5-7-18(11-17)27(35)31-24-14-25(34)33(32-24)26-22(29)12-19(28)13-23(26)30/h5-13,20H,4,14H2,1-3H3,(H,31,32,35). The molecule has 8 heteroatoms. The van der Waals surface area contributed by atoms with Crippen LogP contribution >= 0.6 is 34.8 Å². The lowest BCUT2D eigenvalue weighted by Gasteiger charge is -2.19. The molecule has 0 aromatic heterocycles. The fraction of sp³-hybridized carbons (Fsp3) is 0.222. The van der Waals surface area contributed by atoms with E-state index in [4.69, 9.17) is 34.8 Å². The van der Waals surface area contributed by atoms with Gasteiger partial charge < -0.3 is 5.32 Å². The van der Waals surface area contributed by atoms with Gasteiger partial charge in [-0.25, -0.2) is 0 Å². The number of amides is 2. The molecular weight excluding hydrogens is 505 g/mol. The number of halogens is 3. The first-order valence-corrected chi connectivity index (χ1v) is 12.3. The van der Waals surface area contributed by atoms with Gasteiger partial charge in [0.15, 0.2) is 0 Å². The molecular formula is C27H24Cl3N3O2. The van der Waals surface area contributed by atoms with Crippen LogP contribution in [0, 0.1) is 13.8 Å². The quantitative estimate of drug-likeness (QED) is 0.378. The van der Waals surface area contributed by atoms with E-state index in [2.05, 4.69) is 49.4 Å². The zero-order valence-electron chi connectivity index (χ0n) is 19.5. The molecule has 180 valence electrons. The largest absolute Gasteiger partial charge is 0.308 e. The molecule has 4 rings (SSSR count). The number of rotatable bonds is 5. The number of hydrogen-bond donors (Lipinski definition) is 1. The van der Waals surface area contributed by atoms with Crippen LogP contribution in [0.1, 0.15) is 58.3 Å². The van der Waals surface area contributed by atoms with Crippen LogP contribution < -0.4 is 10.3 Å². The minimum Gasteiger partial charge on any atom is -0.308 e. The predicted octanol–water partition coefficient (Wildman–Crippen LogP) is 7.29. The smallest absolute Gasteiger partial charge is 0.256 e. The molecule has 5 nitrogen and oxygen atoms in total. The lowest BCUT2D eigenvalue weighted by molar-refractivity contribution is -0.116. The van der Waals surface area contributed by atoms with E-state index in [9.17, 15) is 9.59 Å². The Morgan fingerprint density at radius 1 is 1.06 bits per heavy atom. The van der Waals surface area contributed by atoms with Gasteiger partial charge in [0, 0.05) is 16.5 Å². The third-order valence-electron chi connectivity index (χ3n) is 5.99. The molecule has 3 aromatic rings. The summed E-state index contributed by atoms with van der Waals surface area (Å²) in [6.45, 7) is 6.33. The minimum absolute atomic E-state index is 0.0825. The van der Waals surface area contributed by atoms with E-state index in [0.29, 0.717) is 10.6 Å². The second kappa shape index (κ2) is 10.4. The molecule has 0 fully saturated rings. The summed E-state index contributed by atoms with van der Waals surface area (Å²) >= 11 is 18.4. The van der Waals surface area contributed by atoms with Crippen molar-refractivity contribution in [1.29, 1.82) is 0 Å². The highest BCUT2D eigenvalue weighted by atomic mass is 35.5. The second-order valence-electron chi connectivity index (χ2n) is 8.55. The normalized spacial score (nSPS) is 14.2. The van der Waals surface area contributed by atoms with Gasteiger partial charge in [-0.15, -0.1) is 0 Å². The summed E-state index contributed by atoms with van der Waals surface area (Å²) in [5, 5.41) is 8.84. The predicted molar refractivity (Wildman–Crippen MR) is 143 cm³/mol. The minimum atomic E-state index is -0.360. The van der Waals surface area contributed by atoms with E-state index in [1.807, 2.05) is 18.2 Å². The second-order valence-corrected chi connectivity index (χ2v) is 9.80. The summed E-state index contributed by atoms with van der Waals surface area (Å²) in [5.74, 6) is -0.322. The van der Waals surface area contributed by atoms with Gasteiger partial charge in [0.25, 0.3) is 11.8 Å². The van der Waals surface area contributed by atoms with Crippen molar-refractivity contribution in [2.24, 2.45) is 5.10 Å². The zero-order valence-corrected chi connectivity index (χ0v) is 21.8. The molecule has 1 aliphatic heterocycles. The van der Waals surface area contributed by atoms with Gasteiger partial charge in [-0.1, -0.05) is 77.6 Å².